The summed E-state index contributed by atoms with van der Waals surface area (Å²) in [6.45, 7) is 2.44. The van der Waals surface area contributed by atoms with Crippen molar-refractivity contribution in [3.63, 3.8) is 0 Å². The third-order valence-electron chi connectivity index (χ3n) is 2.98. The normalized spacial score (nSPS) is 13.1. The van der Waals surface area contributed by atoms with Crippen LogP contribution in [0.3, 0.4) is 0 Å². The van der Waals surface area contributed by atoms with Crippen molar-refractivity contribution >= 4 is 0 Å². The molecule has 1 rings (SSSR count). The monoisotopic (exact) mass is 291 g/mol. The lowest BCUT2D eigenvalue weighted by Gasteiger charge is -2.21. The van der Waals surface area contributed by atoms with Crippen molar-refractivity contribution in [1.82, 2.24) is 5.32 Å². The fourth-order valence-corrected chi connectivity index (χ4v) is 2.03. The minimum absolute atomic E-state index is 0.0277. The summed E-state index contributed by atoms with van der Waals surface area (Å²) in [6.07, 6.45) is -5.02. The van der Waals surface area contributed by atoms with E-state index in [9.17, 15) is 13.2 Å². The molecule has 3 nitrogen and oxygen atoms in total. The molecule has 1 atom stereocenters. The first-order chi connectivity index (χ1) is 9.41. The highest BCUT2D eigenvalue weighted by molar-refractivity contribution is 5.42. The summed E-state index contributed by atoms with van der Waals surface area (Å²) in [4.78, 5) is 0. The molecule has 20 heavy (non-hydrogen) atoms. The molecule has 0 aliphatic carbocycles. The van der Waals surface area contributed by atoms with E-state index >= 15 is 0 Å². The van der Waals surface area contributed by atoms with Gasteiger partial charge in [-0.1, -0.05) is 13.0 Å². The van der Waals surface area contributed by atoms with Crippen LogP contribution in [-0.2, 0) is 0 Å². The number of benzene rings is 1. The van der Waals surface area contributed by atoms with Crippen LogP contribution in [0, 0.1) is 0 Å². The average molecular weight is 291 g/mol. The molecule has 0 radical (unpaired) electrons. The third-order valence-corrected chi connectivity index (χ3v) is 2.98. The van der Waals surface area contributed by atoms with Crippen LogP contribution in [-0.4, -0.2) is 26.9 Å². The van der Waals surface area contributed by atoms with Gasteiger partial charge in [-0.15, -0.1) is 0 Å². The van der Waals surface area contributed by atoms with Crippen LogP contribution in [0.1, 0.15) is 31.4 Å². The van der Waals surface area contributed by atoms with Gasteiger partial charge in [-0.05, 0) is 19.0 Å². The average Bonchev–Trinajstić information content (AvgIpc) is 2.41. The maximum atomic E-state index is 12.4. The Labute approximate surface area is 117 Å². The summed E-state index contributed by atoms with van der Waals surface area (Å²) in [6, 6.07) is 4.73. The molecule has 0 spiro atoms. The Bertz CT molecular complexity index is 421. The molecule has 0 aromatic heterocycles. The summed E-state index contributed by atoms with van der Waals surface area (Å²) < 4.78 is 47.5. The molecule has 0 amide bonds. The van der Waals surface area contributed by atoms with Crippen molar-refractivity contribution in [3.8, 4) is 11.5 Å². The SMILES string of the molecule is CCNC(CCC(F)(F)F)c1ccc(OC)cc1OC. The summed E-state index contributed by atoms with van der Waals surface area (Å²) in [7, 11) is 3.02. The highest BCUT2D eigenvalue weighted by Crippen LogP contribution is 2.34. The van der Waals surface area contributed by atoms with E-state index in [0.717, 1.165) is 0 Å². The Hall–Kier alpha value is -1.43. The molecule has 0 bridgehead atoms. The van der Waals surface area contributed by atoms with E-state index in [-0.39, 0.29) is 6.42 Å². The molecule has 114 valence electrons. The van der Waals surface area contributed by atoms with Gasteiger partial charge in [-0.3, -0.25) is 0 Å². The minimum Gasteiger partial charge on any atom is -0.497 e. The molecule has 0 saturated carbocycles. The van der Waals surface area contributed by atoms with Crippen molar-refractivity contribution in [2.75, 3.05) is 20.8 Å². The minimum atomic E-state index is -4.16. The van der Waals surface area contributed by atoms with E-state index in [2.05, 4.69) is 5.32 Å². The van der Waals surface area contributed by atoms with E-state index in [0.29, 0.717) is 23.6 Å². The van der Waals surface area contributed by atoms with Gasteiger partial charge in [0.15, 0.2) is 0 Å². The van der Waals surface area contributed by atoms with E-state index in [1.165, 1.54) is 14.2 Å². The smallest absolute Gasteiger partial charge is 0.389 e. The molecule has 0 saturated heterocycles. The van der Waals surface area contributed by atoms with Crippen molar-refractivity contribution in [2.45, 2.75) is 32.0 Å². The van der Waals surface area contributed by atoms with Crippen LogP contribution in [0.5, 0.6) is 11.5 Å². The van der Waals surface area contributed by atoms with E-state index < -0.39 is 18.6 Å². The van der Waals surface area contributed by atoms with Gasteiger partial charge in [0.05, 0.1) is 14.2 Å². The van der Waals surface area contributed by atoms with Crippen molar-refractivity contribution < 1.29 is 22.6 Å². The van der Waals surface area contributed by atoms with Gasteiger partial charge in [-0.25, -0.2) is 0 Å². The zero-order chi connectivity index (χ0) is 15.2. The molecule has 1 unspecified atom stereocenters. The van der Waals surface area contributed by atoms with Crippen LogP contribution >= 0.6 is 0 Å². The fraction of sp³-hybridized carbons (Fsp3) is 0.571. The molecule has 1 N–H and O–H groups in total. The predicted octanol–water partition coefficient (Wildman–Crippen LogP) is 3.70. The van der Waals surface area contributed by atoms with Crippen LogP contribution < -0.4 is 14.8 Å². The molecule has 1 aromatic carbocycles. The molecule has 6 heteroatoms. The van der Waals surface area contributed by atoms with Crippen LogP contribution in [0.2, 0.25) is 0 Å². The second-order valence-electron chi connectivity index (χ2n) is 4.37. The Morgan fingerprint density at radius 1 is 1.20 bits per heavy atom. The zero-order valence-corrected chi connectivity index (χ0v) is 11.9. The highest BCUT2D eigenvalue weighted by atomic mass is 19.4. The standard InChI is InChI=1S/C14H20F3NO2/c1-4-18-12(7-8-14(15,16)17)11-6-5-10(19-2)9-13(11)20-3/h5-6,9,12,18H,4,7-8H2,1-3H3. The van der Waals surface area contributed by atoms with Crippen molar-refractivity contribution in [2.24, 2.45) is 0 Å². The summed E-state index contributed by atoms with van der Waals surface area (Å²) in [5, 5.41) is 3.06. The van der Waals surface area contributed by atoms with E-state index in [4.69, 9.17) is 9.47 Å². The number of nitrogens with one attached hydrogen (secondary N) is 1. The number of ether oxygens (including phenoxy) is 2. The molecule has 1 aromatic rings. The Morgan fingerprint density at radius 2 is 1.90 bits per heavy atom. The Morgan fingerprint density at radius 3 is 2.40 bits per heavy atom. The Kier molecular flexibility index (Phi) is 6.13. The van der Waals surface area contributed by atoms with Gasteiger partial charge in [0, 0.05) is 24.1 Å². The van der Waals surface area contributed by atoms with E-state index in [1.807, 2.05) is 6.92 Å². The van der Waals surface area contributed by atoms with Gasteiger partial charge in [0.2, 0.25) is 0 Å². The van der Waals surface area contributed by atoms with Crippen LogP contribution in [0.25, 0.3) is 0 Å². The molecular weight excluding hydrogens is 271 g/mol. The second kappa shape index (κ2) is 7.38. The van der Waals surface area contributed by atoms with Gasteiger partial charge in [-0.2, -0.15) is 13.2 Å². The second-order valence-corrected chi connectivity index (χ2v) is 4.37. The number of rotatable bonds is 7. The first-order valence-electron chi connectivity index (χ1n) is 6.43. The van der Waals surface area contributed by atoms with Crippen molar-refractivity contribution in [1.29, 1.82) is 0 Å². The third kappa shape index (κ3) is 4.92. The number of halogens is 3. The summed E-state index contributed by atoms with van der Waals surface area (Å²) in [5.74, 6) is 1.13. The number of alkyl halides is 3. The lowest BCUT2D eigenvalue weighted by Crippen LogP contribution is -2.23. The van der Waals surface area contributed by atoms with Crippen LogP contribution in [0.15, 0.2) is 18.2 Å². The molecule has 0 aliphatic rings. The molecule has 0 heterocycles. The fourth-order valence-electron chi connectivity index (χ4n) is 2.03. The zero-order valence-electron chi connectivity index (χ0n) is 11.9. The first kappa shape index (κ1) is 16.6. The molecular formula is C14H20F3NO2. The largest absolute Gasteiger partial charge is 0.497 e. The van der Waals surface area contributed by atoms with Crippen LogP contribution in [0.4, 0.5) is 13.2 Å². The Balaban J connectivity index is 2.95. The number of methoxy groups -OCH3 is 2. The van der Waals surface area contributed by atoms with Gasteiger partial charge >= 0.3 is 6.18 Å². The molecule has 0 fully saturated rings. The maximum absolute atomic E-state index is 12.4. The topological polar surface area (TPSA) is 30.5 Å². The van der Waals surface area contributed by atoms with Gasteiger partial charge in [0.1, 0.15) is 11.5 Å². The van der Waals surface area contributed by atoms with Gasteiger partial charge in [0.25, 0.3) is 0 Å². The maximum Gasteiger partial charge on any atom is 0.389 e. The predicted molar refractivity (Wildman–Crippen MR) is 71.3 cm³/mol. The van der Waals surface area contributed by atoms with Gasteiger partial charge < -0.3 is 14.8 Å². The lowest BCUT2D eigenvalue weighted by molar-refractivity contribution is -0.136. The first-order valence-corrected chi connectivity index (χ1v) is 6.43. The number of hydrogen-bond acceptors (Lipinski definition) is 3. The van der Waals surface area contributed by atoms with E-state index in [1.54, 1.807) is 18.2 Å². The number of hydrogen-bond donors (Lipinski definition) is 1. The molecule has 0 aliphatic heterocycles. The quantitative estimate of drug-likeness (QED) is 0.831. The van der Waals surface area contributed by atoms with Crippen molar-refractivity contribution in [3.05, 3.63) is 23.8 Å². The lowest BCUT2D eigenvalue weighted by atomic mass is 10.0. The summed E-state index contributed by atoms with van der Waals surface area (Å²) >= 11 is 0. The summed E-state index contributed by atoms with van der Waals surface area (Å²) in [5.41, 5.74) is 0.708. The highest BCUT2D eigenvalue weighted by Gasteiger charge is 2.29.